The quantitative estimate of drug-likeness (QED) is 0.576. The second-order valence-corrected chi connectivity index (χ2v) is 4.91. The van der Waals surface area contributed by atoms with E-state index in [9.17, 15) is 18.0 Å². The molecule has 1 aromatic rings. The maximum Gasteiger partial charge on any atom is 0.450 e. The van der Waals surface area contributed by atoms with Crippen molar-refractivity contribution in [1.82, 2.24) is 10.3 Å². The Balaban J connectivity index is 3.05. The number of rotatable bonds is 4. The lowest BCUT2D eigenvalue weighted by atomic mass is 10.2. The average Bonchev–Trinajstić information content (AvgIpc) is 2.47. The summed E-state index contributed by atoms with van der Waals surface area (Å²) in [5.41, 5.74) is 0. The Labute approximate surface area is 135 Å². The van der Waals surface area contributed by atoms with Crippen LogP contribution in [0.3, 0.4) is 0 Å². The van der Waals surface area contributed by atoms with Gasteiger partial charge in [0.15, 0.2) is 0 Å². The van der Waals surface area contributed by atoms with Crippen LogP contribution in [0, 0.1) is 5.41 Å². The number of amides is 1. The molecule has 0 aliphatic rings. The van der Waals surface area contributed by atoms with Gasteiger partial charge in [-0.05, 0) is 19.1 Å². The van der Waals surface area contributed by atoms with E-state index in [0.717, 1.165) is 0 Å². The molecule has 1 heterocycles. The highest BCUT2D eigenvalue weighted by Gasteiger charge is 2.35. The van der Waals surface area contributed by atoms with Crippen molar-refractivity contribution < 1.29 is 18.0 Å². The molecule has 3 N–H and O–H groups in total. The molecule has 0 aromatic carbocycles. The number of hydrogen-bond acceptors (Lipinski definition) is 3. The largest absolute Gasteiger partial charge is 0.450 e. The van der Waals surface area contributed by atoms with Gasteiger partial charge >= 0.3 is 6.18 Å². The van der Waals surface area contributed by atoms with Gasteiger partial charge in [-0.2, -0.15) is 13.2 Å². The van der Waals surface area contributed by atoms with Crippen LogP contribution in [-0.2, 0) is 4.79 Å². The van der Waals surface area contributed by atoms with Crippen molar-refractivity contribution in [3.8, 4) is 0 Å². The van der Waals surface area contributed by atoms with Gasteiger partial charge in [0.05, 0.1) is 11.1 Å². The number of halogens is 4. The fraction of sp³-hybridized carbons (Fsp3) is 0.385. The highest BCUT2D eigenvalue weighted by molar-refractivity contribution is 6.30. The van der Waals surface area contributed by atoms with Crippen LogP contribution in [-0.4, -0.2) is 34.8 Å². The molecular weight excluding hydrogens is 335 g/mol. The van der Waals surface area contributed by atoms with Crippen molar-refractivity contribution in [1.29, 1.82) is 5.41 Å². The molecule has 1 atom stereocenters. The Morgan fingerprint density at radius 1 is 1.48 bits per heavy atom. The Morgan fingerprint density at radius 2 is 2.13 bits per heavy atom. The maximum atomic E-state index is 12.5. The first kappa shape index (κ1) is 18.9. The molecule has 23 heavy (non-hydrogen) atoms. The maximum absolute atomic E-state index is 12.5. The van der Waals surface area contributed by atoms with Gasteiger partial charge in [-0.25, -0.2) is 9.98 Å². The van der Waals surface area contributed by atoms with E-state index in [4.69, 9.17) is 17.0 Å². The second-order valence-electron chi connectivity index (χ2n) is 4.47. The van der Waals surface area contributed by atoms with Crippen LogP contribution in [0.2, 0.25) is 5.02 Å². The molecular formula is C13H15ClF3N5O. The molecule has 10 heteroatoms. The number of alkyl halides is 3. The summed E-state index contributed by atoms with van der Waals surface area (Å²) in [4.78, 5) is 18.5. The van der Waals surface area contributed by atoms with Gasteiger partial charge in [0.1, 0.15) is 11.7 Å². The predicted octanol–water partition coefficient (Wildman–Crippen LogP) is 3.00. The van der Waals surface area contributed by atoms with Crippen molar-refractivity contribution in [3.63, 3.8) is 0 Å². The number of aliphatic imine (C=N–C) groups is 1. The third-order valence-corrected chi connectivity index (χ3v) is 2.82. The Kier molecular flexibility index (Phi) is 6.49. The summed E-state index contributed by atoms with van der Waals surface area (Å²) in [6.45, 7) is 3.05. The van der Waals surface area contributed by atoms with Crippen molar-refractivity contribution in [2.75, 3.05) is 5.32 Å². The molecule has 0 bridgehead atoms. The third kappa shape index (κ3) is 6.23. The average molecular weight is 350 g/mol. The first-order chi connectivity index (χ1) is 10.6. The highest BCUT2D eigenvalue weighted by atomic mass is 35.5. The van der Waals surface area contributed by atoms with Crippen LogP contribution >= 0.6 is 11.6 Å². The minimum atomic E-state index is -4.89. The number of aromatic nitrogens is 1. The molecule has 0 aliphatic carbocycles. The Morgan fingerprint density at radius 3 is 2.61 bits per heavy atom. The van der Waals surface area contributed by atoms with Gasteiger partial charge in [-0.15, -0.1) is 0 Å². The van der Waals surface area contributed by atoms with Crippen LogP contribution in [0.1, 0.15) is 20.3 Å². The molecule has 0 fully saturated rings. The van der Waals surface area contributed by atoms with E-state index in [1.54, 1.807) is 6.92 Å². The van der Waals surface area contributed by atoms with E-state index in [2.05, 4.69) is 20.6 Å². The van der Waals surface area contributed by atoms with Crippen LogP contribution in [0.4, 0.5) is 19.0 Å². The van der Waals surface area contributed by atoms with Crippen molar-refractivity contribution in [3.05, 3.63) is 23.4 Å². The summed E-state index contributed by atoms with van der Waals surface area (Å²) < 4.78 is 37.5. The second kappa shape index (κ2) is 7.91. The number of pyridine rings is 1. The molecule has 1 aromatic heterocycles. The van der Waals surface area contributed by atoms with Crippen LogP contribution < -0.4 is 10.6 Å². The van der Waals surface area contributed by atoms with Gasteiger partial charge in [0, 0.05) is 12.6 Å². The number of amidine groups is 2. The Bertz CT molecular complexity index is 601. The van der Waals surface area contributed by atoms with E-state index in [1.165, 1.54) is 25.3 Å². The van der Waals surface area contributed by atoms with Gasteiger partial charge in [0.2, 0.25) is 11.7 Å². The number of nitrogens with one attached hydrogen (secondary N) is 3. The summed E-state index contributed by atoms with van der Waals surface area (Å²) in [5, 5.41) is 12.4. The fourth-order valence-corrected chi connectivity index (χ4v) is 1.52. The standard InChI is InChI=1S/C13H15ClF3N5O/c1-3-10(23)20-7(2)11(22-12(18)13(15,16)17)21-9-5-4-8(14)6-19-9/h4-7H,3H2,1-2H3,(H,20,23)(H2,18,19,21,22)/t7-/m0/s1. The van der Waals surface area contributed by atoms with E-state index in [1.807, 2.05) is 0 Å². The fourth-order valence-electron chi connectivity index (χ4n) is 1.41. The molecule has 0 saturated carbocycles. The first-order valence-electron chi connectivity index (χ1n) is 6.55. The number of carbonyl (C=O) groups is 1. The predicted molar refractivity (Wildman–Crippen MR) is 82.0 cm³/mol. The van der Waals surface area contributed by atoms with Gasteiger partial charge in [-0.3, -0.25) is 10.2 Å². The zero-order valence-corrected chi connectivity index (χ0v) is 13.1. The molecule has 1 amide bonds. The summed E-state index contributed by atoms with van der Waals surface area (Å²) in [5.74, 6) is -2.23. The first-order valence-corrected chi connectivity index (χ1v) is 6.93. The van der Waals surface area contributed by atoms with Crippen molar-refractivity contribution in [2.45, 2.75) is 32.5 Å². The van der Waals surface area contributed by atoms with Crippen LogP contribution in [0.5, 0.6) is 0 Å². The van der Waals surface area contributed by atoms with E-state index in [0.29, 0.717) is 5.02 Å². The normalized spacial score (nSPS) is 13.4. The van der Waals surface area contributed by atoms with Crippen molar-refractivity contribution >= 4 is 35.0 Å². The molecule has 0 radical (unpaired) electrons. The molecule has 1 rings (SSSR count). The molecule has 0 aliphatic heterocycles. The molecule has 0 unspecified atom stereocenters. The lowest BCUT2D eigenvalue weighted by Gasteiger charge is -2.18. The van der Waals surface area contributed by atoms with Gasteiger partial charge in [0.25, 0.3) is 0 Å². The van der Waals surface area contributed by atoms with Crippen molar-refractivity contribution in [2.24, 2.45) is 4.99 Å². The number of carbonyl (C=O) groups excluding carboxylic acids is 1. The number of anilines is 1. The molecule has 126 valence electrons. The van der Waals surface area contributed by atoms with E-state index in [-0.39, 0.29) is 24.0 Å². The van der Waals surface area contributed by atoms with E-state index < -0.39 is 18.1 Å². The number of hydrogen-bond donors (Lipinski definition) is 3. The third-order valence-electron chi connectivity index (χ3n) is 2.59. The summed E-state index contributed by atoms with van der Waals surface area (Å²) >= 11 is 5.68. The highest BCUT2D eigenvalue weighted by Crippen LogP contribution is 2.17. The zero-order valence-electron chi connectivity index (χ0n) is 12.3. The minimum absolute atomic E-state index is 0.160. The summed E-state index contributed by atoms with van der Waals surface area (Å²) in [7, 11) is 0. The molecule has 0 saturated heterocycles. The smallest absolute Gasteiger partial charge is 0.346 e. The molecule has 0 spiro atoms. The lowest BCUT2D eigenvalue weighted by Crippen LogP contribution is -2.42. The van der Waals surface area contributed by atoms with Crippen LogP contribution in [0.25, 0.3) is 0 Å². The topological polar surface area (TPSA) is 90.2 Å². The van der Waals surface area contributed by atoms with Gasteiger partial charge < -0.3 is 10.6 Å². The minimum Gasteiger partial charge on any atom is -0.346 e. The Hall–Kier alpha value is -2.16. The summed E-state index contributed by atoms with van der Waals surface area (Å²) in [6.07, 6.45) is -3.44. The SMILES string of the molecule is CCC(=O)N[C@@H](C)/C(=N/C(=N)C(F)(F)F)Nc1ccc(Cl)cn1. The molecule has 6 nitrogen and oxygen atoms in total. The van der Waals surface area contributed by atoms with Gasteiger partial charge in [-0.1, -0.05) is 18.5 Å². The van der Waals surface area contributed by atoms with Crippen LogP contribution in [0.15, 0.2) is 23.3 Å². The van der Waals surface area contributed by atoms with E-state index >= 15 is 0 Å². The monoisotopic (exact) mass is 349 g/mol. The summed E-state index contributed by atoms with van der Waals surface area (Å²) in [6, 6.07) is 2.05. The lowest BCUT2D eigenvalue weighted by molar-refractivity contribution is -0.120. The zero-order chi connectivity index (χ0) is 17.6. The number of nitrogens with zero attached hydrogens (tertiary/aromatic N) is 2.